The number of hydrogen-bond donors (Lipinski definition) is 2. The van der Waals surface area contributed by atoms with E-state index in [-0.39, 0.29) is 12.2 Å². The number of aromatic hydroxyl groups is 1. The van der Waals surface area contributed by atoms with Gasteiger partial charge in [0.15, 0.2) is 6.10 Å². The third-order valence-corrected chi connectivity index (χ3v) is 3.61. The molecule has 0 fully saturated rings. The molecule has 0 bridgehead atoms. The predicted octanol–water partition coefficient (Wildman–Crippen LogP) is 3.22. The first kappa shape index (κ1) is 19.1. The fraction of sp³-hybridized carbons (Fsp3) is 0.250. The molecule has 0 radical (unpaired) electrons. The van der Waals surface area contributed by atoms with Crippen LogP contribution in [0.25, 0.3) is 0 Å². The third kappa shape index (κ3) is 5.69. The quantitative estimate of drug-likeness (QED) is 0.446. The Bertz CT molecular complexity index is 783. The Labute approximate surface area is 152 Å². The normalized spacial score (nSPS) is 13.9. The Morgan fingerprint density at radius 3 is 2.62 bits per heavy atom. The Morgan fingerprint density at radius 2 is 1.96 bits per heavy atom. The van der Waals surface area contributed by atoms with Gasteiger partial charge in [-0.2, -0.15) is 0 Å². The van der Waals surface area contributed by atoms with Crippen LogP contribution in [0.1, 0.15) is 19.8 Å². The maximum absolute atomic E-state index is 12.3. The van der Waals surface area contributed by atoms with Crippen molar-refractivity contribution in [2.45, 2.75) is 25.9 Å². The van der Waals surface area contributed by atoms with Crippen LogP contribution in [0.3, 0.4) is 0 Å². The van der Waals surface area contributed by atoms with Crippen LogP contribution < -0.4 is 5.32 Å². The van der Waals surface area contributed by atoms with Crippen LogP contribution in [-0.4, -0.2) is 30.2 Å². The van der Waals surface area contributed by atoms with Crippen molar-refractivity contribution in [1.29, 1.82) is 0 Å². The first-order chi connectivity index (χ1) is 12.5. The summed E-state index contributed by atoms with van der Waals surface area (Å²) in [5.41, 5.74) is 4.11. The molecule has 0 aromatic heterocycles. The monoisotopic (exact) mass is 355 g/mol. The number of anilines is 1. The second-order valence-electron chi connectivity index (χ2n) is 5.54. The van der Waals surface area contributed by atoms with Crippen LogP contribution in [0.2, 0.25) is 0 Å². The number of phenols is 1. The minimum atomic E-state index is -0.900. The minimum absolute atomic E-state index is 0.000817. The summed E-state index contributed by atoms with van der Waals surface area (Å²) < 4.78 is 10.4. The van der Waals surface area contributed by atoms with Gasteiger partial charge in [-0.15, -0.1) is 5.73 Å². The van der Waals surface area contributed by atoms with Crippen molar-refractivity contribution >= 4 is 17.6 Å². The lowest BCUT2D eigenvalue weighted by atomic mass is 10.2. The molecule has 0 saturated carbocycles. The number of carbonyl (C=O) groups is 2. The molecular formula is C20H21NO5. The number of methoxy groups -OCH3 is 1. The van der Waals surface area contributed by atoms with E-state index in [1.807, 2.05) is 0 Å². The van der Waals surface area contributed by atoms with Gasteiger partial charge in [-0.05, 0) is 55.0 Å². The largest absolute Gasteiger partial charge is 0.508 e. The zero-order valence-corrected chi connectivity index (χ0v) is 14.7. The molecule has 2 rings (SSSR count). The number of nitrogens with one attached hydrogen (secondary N) is 1. The van der Waals surface area contributed by atoms with Gasteiger partial charge in [0.1, 0.15) is 11.5 Å². The van der Waals surface area contributed by atoms with Gasteiger partial charge < -0.3 is 19.9 Å². The Kier molecular flexibility index (Phi) is 6.83. The number of allylic oxidation sites excluding steroid dienone is 3. The molecule has 0 heterocycles. The first-order valence-corrected chi connectivity index (χ1v) is 8.19. The molecular weight excluding hydrogens is 334 g/mol. The summed E-state index contributed by atoms with van der Waals surface area (Å²) in [5, 5.41) is 11.9. The highest BCUT2D eigenvalue weighted by Crippen LogP contribution is 2.16. The topological polar surface area (TPSA) is 84.9 Å². The summed E-state index contributed by atoms with van der Waals surface area (Å²) in [7, 11) is 1.56. The molecule has 6 heteroatoms. The van der Waals surface area contributed by atoms with Gasteiger partial charge in [0.2, 0.25) is 0 Å². The van der Waals surface area contributed by atoms with Gasteiger partial charge >= 0.3 is 5.97 Å². The molecule has 1 aliphatic carbocycles. The predicted molar refractivity (Wildman–Crippen MR) is 97.4 cm³/mol. The summed E-state index contributed by atoms with van der Waals surface area (Å²) in [6.45, 7) is 1.76. The van der Waals surface area contributed by atoms with Crippen molar-refractivity contribution in [2.24, 2.45) is 0 Å². The lowest BCUT2D eigenvalue weighted by Gasteiger charge is -2.16. The van der Waals surface area contributed by atoms with Crippen molar-refractivity contribution in [3.8, 4) is 5.75 Å². The maximum atomic E-state index is 12.3. The number of carbonyl (C=O) groups excluding carboxylic acids is 2. The van der Waals surface area contributed by atoms with E-state index in [9.17, 15) is 14.7 Å². The first-order valence-electron chi connectivity index (χ1n) is 8.19. The summed E-state index contributed by atoms with van der Waals surface area (Å²) in [4.78, 5) is 24.4. The van der Waals surface area contributed by atoms with Gasteiger partial charge in [0, 0.05) is 11.3 Å². The van der Waals surface area contributed by atoms with Crippen LogP contribution in [-0.2, 0) is 19.1 Å². The van der Waals surface area contributed by atoms with E-state index >= 15 is 0 Å². The fourth-order valence-electron chi connectivity index (χ4n) is 2.21. The Morgan fingerprint density at radius 1 is 1.23 bits per heavy atom. The van der Waals surface area contributed by atoms with E-state index in [0.29, 0.717) is 23.4 Å². The van der Waals surface area contributed by atoms with E-state index in [2.05, 4.69) is 11.0 Å². The van der Waals surface area contributed by atoms with E-state index in [0.717, 1.165) is 0 Å². The van der Waals surface area contributed by atoms with Crippen molar-refractivity contribution in [1.82, 2.24) is 0 Å². The van der Waals surface area contributed by atoms with E-state index in [1.54, 1.807) is 50.5 Å². The molecule has 2 N–H and O–H groups in total. The van der Waals surface area contributed by atoms with E-state index in [4.69, 9.17) is 9.47 Å². The summed E-state index contributed by atoms with van der Waals surface area (Å²) in [5.74, 6) is -0.180. The zero-order valence-electron chi connectivity index (χ0n) is 14.7. The molecule has 136 valence electrons. The zero-order chi connectivity index (χ0) is 18.9. The van der Waals surface area contributed by atoms with Crippen LogP contribution in [0.15, 0.2) is 65.6 Å². The number of amides is 1. The van der Waals surface area contributed by atoms with Crippen LogP contribution in [0.4, 0.5) is 5.69 Å². The van der Waals surface area contributed by atoms with Gasteiger partial charge in [-0.25, -0.2) is 0 Å². The summed E-state index contributed by atoms with van der Waals surface area (Å²) in [6, 6.07) is 6.05. The van der Waals surface area contributed by atoms with Gasteiger partial charge in [0.05, 0.1) is 13.5 Å². The Hall–Kier alpha value is -3.24. The highest BCUT2D eigenvalue weighted by molar-refractivity contribution is 5.95. The van der Waals surface area contributed by atoms with Crippen molar-refractivity contribution in [2.75, 3.05) is 12.4 Å². The molecule has 1 aliphatic rings. The molecule has 0 aliphatic heterocycles. The van der Waals surface area contributed by atoms with Gasteiger partial charge in [-0.3, -0.25) is 9.59 Å². The molecule has 6 nitrogen and oxygen atoms in total. The van der Waals surface area contributed by atoms with Crippen molar-refractivity contribution in [3.05, 3.63) is 65.6 Å². The lowest BCUT2D eigenvalue weighted by molar-refractivity contribution is -0.153. The number of benzene rings is 1. The van der Waals surface area contributed by atoms with Crippen LogP contribution in [0, 0.1) is 0 Å². The standard InChI is InChI=1S/C20H21NO5/c1-3-18(20(24)21-15-8-10-16(22)11-9-15)26-19(23)13-14-5-4-6-17(25-2)12-7-14/h4,6-12,18,22H,3,13H2,1-2H3,(H,21,24). The minimum Gasteiger partial charge on any atom is -0.508 e. The van der Waals surface area contributed by atoms with E-state index < -0.39 is 18.0 Å². The highest BCUT2D eigenvalue weighted by Gasteiger charge is 2.21. The highest BCUT2D eigenvalue weighted by atomic mass is 16.5. The lowest BCUT2D eigenvalue weighted by Crippen LogP contribution is -2.32. The Balaban J connectivity index is 1.92. The molecule has 1 amide bonds. The van der Waals surface area contributed by atoms with Gasteiger partial charge in [0.25, 0.3) is 5.91 Å². The van der Waals surface area contributed by atoms with Crippen molar-refractivity contribution < 1.29 is 24.2 Å². The second-order valence-corrected chi connectivity index (χ2v) is 5.54. The summed E-state index contributed by atoms with van der Waals surface area (Å²) >= 11 is 0. The molecule has 0 spiro atoms. The number of phenolic OH excluding ortho intramolecular Hbond substituents is 1. The maximum Gasteiger partial charge on any atom is 0.311 e. The average Bonchev–Trinajstić information content (AvgIpc) is 2.86. The number of ether oxygens (including phenoxy) is 2. The van der Waals surface area contributed by atoms with E-state index in [1.165, 1.54) is 12.1 Å². The number of hydrogen-bond acceptors (Lipinski definition) is 5. The molecule has 26 heavy (non-hydrogen) atoms. The average molecular weight is 355 g/mol. The molecule has 1 atom stereocenters. The second kappa shape index (κ2) is 9.30. The number of rotatable bonds is 7. The molecule has 1 aromatic carbocycles. The molecule has 0 saturated heterocycles. The summed E-state index contributed by atoms with van der Waals surface area (Å²) in [6.07, 6.45) is 6.29. The van der Waals surface area contributed by atoms with Crippen LogP contribution in [0.5, 0.6) is 5.75 Å². The van der Waals surface area contributed by atoms with Crippen molar-refractivity contribution in [3.63, 3.8) is 0 Å². The van der Waals surface area contributed by atoms with Crippen LogP contribution >= 0.6 is 0 Å². The molecule has 1 aromatic rings. The van der Waals surface area contributed by atoms with Gasteiger partial charge in [-0.1, -0.05) is 6.92 Å². The third-order valence-electron chi connectivity index (χ3n) is 3.61. The smallest absolute Gasteiger partial charge is 0.311 e. The fourth-order valence-corrected chi connectivity index (χ4v) is 2.21. The number of esters is 1. The molecule has 1 unspecified atom stereocenters. The SMILES string of the molecule is CCC(OC(=O)CC1=C=CC=C(OC)C=C1)C(=O)Nc1ccc(O)cc1.